The fraction of sp³-hybridized carbons (Fsp3) is 0.645. The first-order valence-corrected chi connectivity index (χ1v) is 13.2. The monoisotopic (exact) mass is 475 g/mol. The van der Waals surface area contributed by atoms with Crippen molar-refractivity contribution in [2.75, 3.05) is 0 Å². The summed E-state index contributed by atoms with van der Waals surface area (Å²) in [6, 6.07) is 5.67. The van der Waals surface area contributed by atoms with Crippen LogP contribution >= 0.6 is 0 Å². The Labute approximate surface area is 211 Å². The van der Waals surface area contributed by atoms with E-state index in [1.165, 1.54) is 11.1 Å². The molecule has 0 radical (unpaired) electrons. The van der Waals surface area contributed by atoms with Gasteiger partial charge >= 0.3 is 0 Å². The lowest BCUT2D eigenvalue weighted by atomic mass is 9.84. The van der Waals surface area contributed by atoms with Gasteiger partial charge in [-0.3, -0.25) is 0 Å². The van der Waals surface area contributed by atoms with Crippen molar-refractivity contribution < 1.29 is 9.18 Å². The highest BCUT2D eigenvalue weighted by molar-refractivity contribution is 5.49. The number of carbonyl (C=O) groups excluding carboxylic acids is 1. The molecule has 0 aliphatic heterocycles. The van der Waals surface area contributed by atoms with Crippen LogP contribution in [0.2, 0.25) is 0 Å². The standard InChI is InChI=1S/C26H42FNO.C4H8.CH4/c1-4-6-7-14-23-19-22(16-17-26(23)27)25(11-5-2)24(20-28)15-9-8-12-21(3)13-10-18-29;1-3-4-2;/h16-21,25H,4-15,28H2,1-3H3;3-4H,1-2H3;1H4/b24-20-;;. The zero-order chi connectivity index (χ0) is 24.9. The number of halogens is 1. The molecule has 0 aromatic heterocycles. The van der Waals surface area contributed by atoms with Crippen LogP contribution in [0.3, 0.4) is 0 Å². The molecule has 2 unspecified atom stereocenters. The minimum Gasteiger partial charge on any atom is -0.405 e. The van der Waals surface area contributed by atoms with Crippen LogP contribution in [-0.2, 0) is 11.2 Å². The summed E-state index contributed by atoms with van der Waals surface area (Å²) >= 11 is 0. The van der Waals surface area contributed by atoms with Crippen LogP contribution in [0.1, 0.15) is 130 Å². The van der Waals surface area contributed by atoms with Crippen LogP contribution < -0.4 is 5.73 Å². The fourth-order valence-electron chi connectivity index (χ4n) is 4.12. The Morgan fingerprint density at radius 1 is 1.00 bits per heavy atom. The maximum atomic E-state index is 14.3. The fourth-order valence-corrected chi connectivity index (χ4v) is 4.12. The molecule has 2 nitrogen and oxygen atoms in total. The third-order valence-corrected chi connectivity index (χ3v) is 6.28. The molecule has 2 N–H and O–H groups in total. The van der Waals surface area contributed by atoms with E-state index in [0.717, 1.165) is 82.5 Å². The molecule has 196 valence electrons. The molecule has 0 bridgehead atoms. The van der Waals surface area contributed by atoms with Gasteiger partial charge in [-0.05, 0) is 87.3 Å². The first kappa shape index (κ1) is 34.3. The summed E-state index contributed by atoms with van der Waals surface area (Å²) in [6.07, 6.45) is 19.1. The molecule has 1 aromatic rings. The first-order valence-electron chi connectivity index (χ1n) is 13.2. The molecule has 0 fully saturated rings. The average Bonchev–Trinajstić information content (AvgIpc) is 2.83. The molecule has 2 atom stereocenters. The van der Waals surface area contributed by atoms with Gasteiger partial charge in [-0.15, -0.1) is 0 Å². The topological polar surface area (TPSA) is 43.1 Å². The van der Waals surface area contributed by atoms with Gasteiger partial charge in [0.15, 0.2) is 0 Å². The van der Waals surface area contributed by atoms with Crippen LogP contribution in [-0.4, -0.2) is 6.29 Å². The lowest BCUT2D eigenvalue weighted by Gasteiger charge is -2.22. The SMILES string of the molecule is C.CC=CC.CCCCCc1cc(C(CCC)/C(=C\N)CCCCC(C)CCC=O)ccc1F. The second-order valence-corrected chi connectivity index (χ2v) is 9.15. The lowest BCUT2D eigenvalue weighted by molar-refractivity contribution is -0.108. The van der Waals surface area contributed by atoms with Crippen molar-refractivity contribution in [1.29, 1.82) is 0 Å². The van der Waals surface area contributed by atoms with Crippen LogP contribution in [0, 0.1) is 11.7 Å². The van der Waals surface area contributed by atoms with Crippen molar-refractivity contribution in [3.63, 3.8) is 0 Å². The van der Waals surface area contributed by atoms with Gasteiger partial charge in [0.25, 0.3) is 0 Å². The maximum Gasteiger partial charge on any atom is 0.126 e. The van der Waals surface area contributed by atoms with Crippen molar-refractivity contribution >= 4 is 6.29 Å². The van der Waals surface area contributed by atoms with Gasteiger partial charge in [0.1, 0.15) is 12.1 Å². The van der Waals surface area contributed by atoms with Gasteiger partial charge in [-0.1, -0.05) is 84.6 Å². The Kier molecular flexibility index (Phi) is 23.1. The van der Waals surface area contributed by atoms with Crippen molar-refractivity contribution in [3.05, 3.63) is 59.1 Å². The predicted molar refractivity (Wildman–Crippen MR) is 150 cm³/mol. The Morgan fingerprint density at radius 2 is 1.71 bits per heavy atom. The largest absolute Gasteiger partial charge is 0.405 e. The molecule has 3 heteroatoms. The number of unbranched alkanes of at least 4 members (excludes halogenated alkanes) is 3. The van der Waals surface area contributed by atoms with Crippen molar-refractivity contribution in [3.8, 4) is 0 Å². The van der Waals surface area contributed by atoms with E-state index in [9.17, 15) is 9.18 Å². The van der Waals surface area contributed by atoms with Gasteiger partial charge in [-0.2, -0.15) is 0 Å². The number of nitrogens with two attached hydrogens (primary N) is 1. The van der Waals surface area contributed by atoms with Crippen LogP contribution in [0.5, 0.6) is 0 Å². The minimum atomic E-state index is -0.0808. The first-order chi connectivity index (χ1) is 16.0. The minimum absolute atomic E-state index is 0. The number of hydrogen-bond donors (Lipinski definition) is 1. The van der Waals surface area contributed by atoms with Gasteiger partial charge < -0.3 is 10.5 Å². The zero-order valence-corrected chi connectivity index (χ0v) is 22.0. The quantitative estimate of drug-likeness (QED) is 0.147. The number of aryl methyl sites for hydroxylation is 1. The predicted octanol–water partition coefficient (Wildman–Crippen LogP) is 9.68. The number of rotatable bonds is 16. The summed E-state index contributed by atoms with van der Waals surface area (Å²) in [7, 11) is 0. The van der Waals surface area contributed by atoms with E-state index in [4.69, 9.17) is 5.73 Å². The van der Waals surface area contributed by atoms with E-state index in [1.807, 2.05) is 32.1 Å². The maximum absolute atomic E-state index is 14.3. The van der Waals surface area contributed by atoms with Crippen molar-refractivity contribution in [2.45, 2.75) is 125 Å². The lowest BCUT2D eigenvalue weighted by Crippen LogP contribution is -2.07. The Balaban J connectivity index is 0. The molecule has 34 heavy (non-hydrogen) atoms. The molecule has 0 heterocycles. The van der Waals surface area contributed by atoms with Gasteiger partial charge in [-0.25, -0.2) is 4.39 Å². The summed E-state index contributed by atoms with van der Waals surface area (Å²) < 4.78 is 14.3. The second-order valence-electron chi connectivity index (χ2n) is 9.15. The normalized spacial score (nSPS) is 13.1. The Bertz CT molecular complexity index is 676. The van der Waals surface area contributed by atoms with Gasteiger partial charge in [0, 0.05) is 12.3 Å². The summed E-state index contributed by atoms with van der Waals surface area (Å²) in [4.78, 5) is 10.5. The summed E-state index contributed by atoms with van der Waals surface area (Å²) in [5, 5.41) is 0. The molecule has 0 amide bonds. The molecule has 0 aliphatic rings. The van der Waals surface area contributed by atoms with Gasteiger partial charge in [0.05, 0.1) is 0 Å². The van der Waals surface area contributed by atoms with Crippen LogP contribution in [0.15, 0.2) is 42.1 Å². The summed E-state index contributed by atoms with van der Waals surface area (Å²) in [5.41, 5.74) is 9.37. The molecule has 0 aliphatic carbocycles. The molecule has 1 rings (SSSR count). The molecule has 0 spiro atoms. The molecule has 0 saturated heterocycles. The van der Waals surface area contributed by atoms with Crippen molar-refractivity contribution in [1.82, 2.24) is 0 Å². The van der Waals surface area contributed by atoms with Crippen molar-refractivity contribution in [2.24, 2.45) is 11.7 Å². The van der Waals surface area contributed by atoms with E-state index in [2.05, 4.69) is 26.8 Å². The highest BCUT2D eigenvalue weighted by Crippen LogP contribution is 2.33. The molecule has 1 aromatic carbocycles. The number of carbonyl (C=O) groups is 1. The number of benzene rings is 1. The van der Waals surface area contributed by atoms with Crippen LogP contribution in [0.25, 0.3) is 0 Å². The Morgan fingerprint density at radius 3 is 2.26 bits per heavy atom. The highest BCUT2D eigenvalue weighted by atomic mass is 19.1. The van der Waals surface area contributed by atoms with E-state index in [-0.39, 0.29) is 19.2 Å². The third kappa shape index (κ3) is 15.1. The third-order valence-electron chi connectivity index (χ3n) is 6.28. The zero-order valence-electron chi connectivity index (χ0n) is 22.0. The average molecular weight is 476 g/mol. The number of allylic oxidation sites excluding steroid dienone is 3. The van der Waals surface area contributed by atoms with E-state index < -0.39 is 0 Å². The second kappa shape index (κ2) is 22.9. The van der Waals surface area contributed by atoms with Gasteiger partial charge in [0.2, 0.25) is 0 Å². The highest BCUT2D eigenvalue weighted by Gasteiger charge is 2.17. The molecular formula is C31H54FNO. The number of aldehydes is 1. The van der Waals surface area contributed by atoms with E-state index in [0.29, 0.717) is 12.3 Å². The van der Waals surface area contributed by atoms with E-state index in [1.54, 1.807) is 12.3 Å². The number of hydrogen-bond acceptors (Lipinski definition) is 2. The molecular weight excluding hydrogens is 421 g/mol. The van der Waals surface area contributed by atoms with Crippen LogP contribution in [0.4, 0.5) is 4.39 Å². The van der Waals surface area contributed by atoms with E-state index >= 15 is 0 Å². The smallest absolute Gasteiger partial charge is 0.126 e. The Hall–Kier alpha value is -1.90. The summed E-state index contributed by atoms with van der Waals surface area (Å²) in [5.74, 6) is 0.797. The summed E-state index contributed by atoms with van der Waals surface area (Å²) in [6.45, 7) is 10.6. The molecule has 0 saturated carbocycles.